The van der Waals surface area contributed by atoms with Crippen molar-refractivity contribution < 1.29 is 4.74 Å². The topological polar surface area (TPSA) is 9.23 Å². The number of hydrogen-bond donors (Lipinski definition) is 0. The standard InChI is InChI=1S/C60H36O/c1-2-14-42-39(13-1)29-33-48-46-18-6-10-22-52(46)60(58(42)48)51-21-9-5-17-45(51)47-32-30-40(35-54(47)60)37-25-27-38(28-26-37)41-31-34-57-55(36-41)59(53-23-11-12-24-56(53)61-57)49-19-7-3-15-43(49)44-16-4-8-20-50(44)59/h1-36H. The number of para-hydroxylation sites is 1. The van der Waals surface area contributed by atoms with Gasteiger partial charge in [-0.05, 0) is 124 Å². The maximum absolute atomic E-state index is 6.73. The van der Waals surface area contributed by atoms with Crippen LogP contribution in [0.4, 0.5) is 0 Å². The van der Waals surface area contributed by atoms with Crippen LogP contribution in [0.25, 0.3) is 66.4 Å². The number of hydrogen-bond acceptors (Lipinski definition) is 1. The Balaban J connectivity index is 0.925. The van der Waals surface area contributed by atoms with E-state index in [0.717, 1.165) is 11.5 Å². The zero-order chi connectivity index (χ0) is 39.9. The Hall–Kier alpha value is -7.74. The van der Waals surface area contributed by atoms with Crippen LogP contribution in [0.2, 0.25) is 0 Å². The Morgan fingerprint density at radius 2 is 0.689 bits per heavy atom. The van der Waals surface area contributed by atoms with E-state index in [-0.39, 0.29) is 0 Å². The van der Waals surface area contributed by atoms with Gasteiger partial charge in [0.2, 0.25) is 0 Å². The Kier molecular flexibility index (Phi) is 6.48. The van der Waals surface area contributed by atoms with Gasteiger partial charge in [-0.15, -0.1) is 0 Å². The molecule has 0 bridgehead atoms. The zero-order valence-corrected chi connectivity index (χ0v) is 33.2. The van der Waals surface area contributed by atoms with E-state index in [9.17, 15) is 0 Å². The molecule has 0 saturated carbocycles. The summed E-state index contributed by atoms with van der Waals surface area (Å²) < 4.78 is 6.73. The van der Waals surface area contributed by atoms with Crippen molar-refractivity contribution in [2.45, 2.75) is 10.8 Å². The summed E-state index contributed by atoms with van der Waals surface area (Å²) in [5, 5.41) is 2.59. The number of fused-ring (bicyclic) bond motifs is 21. The molecule has 0 saturated heterocycles. The van der Waals surface area contributed by atoms with E-state index in [2.05, 4.69) is 218 Å². The lowest BCUT2D eigenvalue weighted by Gasteiger charge is -2.39. The highest BCUT2D eigenvalue weighted by atomic mass is 16.5. The average Bonchev–Trinajstić information content (AvgIpc) is 3.92. The van der Waals surface area contributed by atoms with Gasteiger partial charge in [-0.25, -0.2) is 0 Å². The van der Waals surface area contributed by atoms with E-state index in [0.29, 0.717) is 0 Å². The van der Waals surface area contributed by atoms with Crippen molar-refractivity contribution >= 4 is 10.8 Å². The third-order valence-electron chi connectivity index (χ3n) is 14.4. The molecule has 10 aromatic carbocycles. The maximum atomic E-state index is 6.73. The van der Waals surface area contributed by atoms with E-state index in [1.165, 1.54) is 111 Å². The van der Waals surface area contributed by atoms with E-state index in [1.54, 1.807) is 0 Å². The molecule has 1 nitrogen and oxygen atoms in total. The first-order valence-corrected chi connectivity index (χ1v) is 21.3. The molecule has 1 unspecified atom stereocenters. The molecule has 0 N–H and O–H groups in total. The lowest BCUT2D eigenvalue weighted by Crippen LogP contribution is -2.32. The van der Waals surface area contributed by atoms with Crippen LogP contribution in [0.1, 0.15) is 44.5 Å². The second kappa shape index (κ2) is 11.9. The Morgan fingerprint density at radius 1 is 0.262 bits per heavy atom. The summed E-state index contributed by atoms with van der Waals surface area (Å²) in [7, 11) is 0. The summed E-state index contributed by atoms with van der Waals surface area (Å²) in [6, 6.07) is 81.4. The van der Waals surface area contributed by atoms with Gasteiger partial charge in [0.15, 0.2) is 0 Å². The summed E-state index contributed by atoms with van der Waals surface area (Å²) in [4.78, 5) is 0. The quantitative estimate of drug-likeness (QED) is 0.170. The van der Waals surface area contributed by atoms with Gasteiger partial charge >= 0.3 is 0 Å². The molecular weight excluding hydrogens is 737 g/mol. The molecule has 1 aliphatic heterocycles. The first-order valence-electron chi connectivity index (χ1n) is 21.3. The van der Waals surface area contributed by atoms with Gasteiger partial charge in [0.1, 0.15) is 11.5 Å². The first kappa shape index (κ1) is 33.1. The van der Waals surface area contributed by atoms with Gasteiger partial charge in [-0.1, -0.05) is 194 Å². The smallest absolute Gasteiger partial charge is 0.132 e. The summed E-state index contributed by atoms with van der Waals surface area (Å²) >= 11 is 0. The SMILES string of the molecule is c1ccc2c(c1)Oc1ccc(-c3ccc(-c4ccc5c(c4)C4(c6ccccc6-5)c5ccccc5-c5ccc6ccccc6c54)cc3)cc1C21c2ccccc2-c2ccccc21. The fourth-order valence-electron chi connectivity index (χ4n) is 12.0. The molecule has 0 aromatic heterocycles. The molecule has 1 atom stereocenters. The molecule has 282 valence electrons. The molecular formula is C60H36O. The molecule has 61 heavy (non-hydrogen) atoms. The summed E-state index contributed by atoms with van der Waals surface area (Å²) in [5.74, 6) is 1.82. The predicted molar refractivity (Wildman–Crippen MR) is 248 cm³/mol. The summed E-state index contributed by atoms with van der Waals surface area (Å²) in [5.41, 5.74) is 22.2. The normalized spacial score (nSPS) is 16.2. The fourth-order valence-corrected chi connectivity index (χ4v) is 12.0. The Bertz CT molecular complexity index is 3460. The zero-order valence-electron chi connectivity index (χ0n) is 33.2. The van der Waals surface area contributed by atoms with Crippen molar-refractivity contribution in [2.24, 2.45) is 0 Å². The van der Waals surface area contributed by atoms with E-state index in [1.807, 2.05) is 0 Å². The van der Waals surface area contributed by atoms with Gasteiger partial charge in [-0.2, -0.15) is 0 Å². The van der Waals surface area contributed by atoms with Crippen molar-refractivity contribution in [3.05, 3.63) is 263 Å². The minimum Gasteiger partial charge on any atom is -0.457 e. The highest BCUT2D eigenvalue weighted by Crippen LogP contribution is 2.65. The summed E-state index contributed by atoms with van der Waals surface area (Å²) in [6.45, 7) is 0. The summed E-state index contributed by atoms with van der Waals surface area (Å²) in [6.07, 6.45) is 0. The molecule has 0 fully saturated rings. The largest absolute Gasteiger partial charge is 0.457 e. The molecule has 1 heteroatoms. The number of ether oxygens (including phenoxy) is 1. The molecule has 0 radical (unpaired) electrons. The minimum absolute atomic E-state index is 0.425. The first-order chi connectivity index (χ1) is 30.2. The highest BCUT2D eigenvalue weighted by Gasteiger charge is 2.53. The van der Waals surface area contributed by atoms with Crippen LogP contribution in [0.15, 0.2) is 218 Å². The average molecular weight is 773 g/mol. The Morgan fingerprint density at radius 3 is 1.33 bits per heavy atom. The van der Waals surface area contributed by atoms with Crippen molar-refractivity contribution in [1.82, 2.24) is 0 Å². The molecule has 0 amide bonds. The maximum Gasteiger partial charge on any atom is 0.132 e. The van der Waals surface area contributed by atoms with Crippen LogP contribution >= 0.6 is 0 Å². The van der Waals surface area contributed by atoms with Crippen LogP contribution in [-0.2, 0) is 10.8 Å². The van der Waals surface area contributed by atoms with Gasteiger partial charge < -0.3 is 4.74 Å². The molecule has 4 aliphatic rings. The van der Waals surface area contributed by atoms with Crippen LogP contribution < -0.4 is 4.74 Å². The molecule has 2 spiro atoms. The van der Waals surface area contributed by atoms with Crippen molar-refractivity contribution in [2.75, 3.05) is 0 Å². The van der Waals surface area contributed by atoms with Gasteiger partial charge in [-0.3, -0.25) is 0 Å². The number of rotatable bonds is 2. The second-order valence-electron chi connectivity index (χ2n) is 17.0. The van der Waals surface area contributed by atoms with E-state index < -0.39 is 10.8 Å². The lowest BCUT2D eigenvalue weighted by molar-refractivity contribution is 0.436. The minimum atomic E-state index is -0.492. The lowest BCUT2D eigenvalue weighted by atomic mass is 9.66. The molecule has 3 aliphatic carbocycles. The second-order valence-corrected chi connectivity index (χ2v) is 17.0. The third-order valence-corrected chi connectivity index (χ3v) is 14.4. The van der Waals surface area contributed by atoms with Crippen LogP contribution in [0.5, 0.6) is 11.5 Å². The van der Waals surface area contributed by atoms with Gasteiger partial charge in [0.05, 0.1) is 10.8 Å². The van der Waals surface area contributed by atoms with Crippen molar-refractivity contribution in [1.29, 1.82) is 0 Å². The fraction of sp³-hybridized carbons (Fsp3) is 0.0333. The molecule has 1 heterocycles. The number of benzene rings is 10. The van der Waals surface area contributed by atoms with Crippen molar-refractivity contribution in [3.8, 4) is 67.1 Å². The highest BCUT2D eigenvalue weighted by molar-refractivity contribution is 6.04. The van der Waals surface area contributed by atoms with Crippen LogP contribution in [0, 0.1) is 0 Å². The third kappa shape index (κ3) is 4.11. The van der Waals surface area contributed by atoms with Crippen molar-refractivity contribution in [3.63, 3.8) is 0 Å². The Labute approximate surface area is 354 Å². The van der Waals surface area contributed by atoms with Gasteiger partial charge in [0.25, 0.3) is 0 Å². The van der Waals surface area contributed by atoms with Crippen LogP contribution in [-0.4, -0.2) is 0 Å². The predicted octanol–water partition coefficient (Wildman–Crippen LogP) is 15.0. The monoisotopic (exact) mass is 772 g/mol. The van der Waals surface area contributed by atoms with Gasteiger partial charge in [0, 0.05) is 11.1 Å². The van der Waals surface area contributed by atoms with E-state index in [4.69, 9.17) is 4.74 Å². The molecule has 14 rings (SSSR count). The molecule has 10 aromatic rings. The van der Waals surface area contributed by atoms with E-state index >= 15 is 0 Å². The van der Waals surface area contributed by atoms with Crippen LogP contribution in [0.3, 0.4) is 0 Å².